The van der Waals surface area contributed by atoms with Gasteiger partial charge in [0.15, 0.2) is 0 Å². The minimum Gasteiger partial charge on any atom is -0.316 e. The van der Waals surface area contributed by atoms with Crippen molar-refractivity contribution in [3.8, 4) is 0 Å². The number of hydrogen-bond acceptors (Lipinski definition) is 2. The Labute approximate surface area is 107 Å². The summed E-state index contributed by atoms with van der Waals surface area (Å²) in [5, 5.41) is 3.22. The highest BCUT2D eigenvalue weighted by Crippen LogP contribution is 2.13. The van der Waals surface area contributed by atoms with Crippen LogP contribution >= 0.6 is 0 Å². The van der Waals surface area contributed by atoms with Crippen LogP contribution in [-0.2, 0) is 4.79 Å². The van der Waals surface area contributed by atoms with E-state index in [2.05, 4.69) is 12.2 Å². The van der Waals surface area contributed by atoms with Gasteiger partial charge in [-0.15, -0.1) is 0 Å². The van der Waals surface area contributed by atoms with E-state index in [1.807, 2.05) is 0 Å². The maximum Gasteiger partial charge on any atom is 0.133 e. The number of rotatable bonds is 11. The molecule has 1 aliphatic heterocycles. The molecule has 2 heteroatoms. The molecular weight excluding hydrogens is 210 g/mol. The van der Waals surface area contributed by atoms with Gasteiger partial charge in [-0.3, -0.25) is 4.79 Å². The first kappa shape index (κ1) is 14.7. The summed E-state index contributed by atoms with van der Waals surface area (Å²) < 4.78 is 0. The minimum atomic E-state index is 0.488. The Kier molecular flexibility index (Phi) is 8.33. The number of hydrogen-bond donors (Lipinski definition) is 1. The monoisotopic (exact) mass is 239 g/mol. The first-order valence-electron chi connectivity index (χ1n) is 7.55. The van der Waals surface area contributed by atoms with Gasteiger partial charge < -0.3 is 5.32 Å². The molecule has 0 amide bonds. The van der Waals surface area contributed by atoms with Crippen LogP contribution in [-0.4, -0.2) is 18.9 Å². The summed E-state index contributed by atoms with van der Waals surface area (Å²) in [7, 11) is 0. The summed E-state index contributed by atoms with van der Waals surface area (Å²) >= 11 is 0. The van der Waals surface area contributed by atoms with E-state index in [1.165, 1.54) is 44.9 Å². The highest BCUT2D eigenvalue weighted by Gasteiger charge is 2.19. The summed E-state index contributed by atoms with van der Waals surface area (Å²) in [6.45, 7) is 4.37. The van der Waals surface area contributed by atoms with E-state index in [9.17, 15) is 4.79 Å². The molecular formula is C15H29NO. The predicted molar refractivity (Wildman–Crippen MR) is 73.2 cm³/mol. The van der Waals surface area contributed by atoms with Gasteiger partial charge in [-0.25, -0.2) is 0 Å². The predicted octanol–water partition coefficient (Wildman–Crippen LogP) is 3.70. The number of unbranched alkanes of at least 4 members (excludes halogenated alkanes) is 7. The van der Waals surface area contributed by atoms with E-state index in [4.69, 9.17) is 0 Å². The summed E-state index contributed by atoms with van der Waals surface area (Å²) in [6, 6.07) is 0. The molecule has 0 aromatic heterocycles. The average molecular weight is 239 g/mol. The van der Waals surface area contributed by atoms with Crippen molar-refractivity contribution in [1.29, 1.82) is 0 Å². The normalized spacial score (nSPS) is 15.8. The van der Waals surface area contributed by atoms with Gasteiger partial charge in [-0.05, 0) is 25.4 Å². The molecule has 1 heterocycles. The van der Waals surface area contributed by atoms with Gasteiger partial charge in [-0.1, -0.05) is 51.9 Å². The largest absolute Gasteiger partial charge is 0.316 e. The second-order valence-corrected chi connectivity index (χ2v) is 5.49. The molecule has 0 bridgehead atoms. The molecule has 1 fully saturated rings. The lowest BCUT2D eigenvalue weighted by molar-refractivity contribution is -0.120. The van der Waals surface area contributed by atoms with E-state index < -0.39 is 0 Å². The van der Waals surface area contributed by atoms with E-state index in [0.29, 0.717) is 11.7 Å². The Morgan fingerprint density at radius 3 is 2.12 bits per heavy atom. The smallest absolute Gasteiger partial charge is 0.133 e. The second kappa shape index (κ2) is 9.64. The SMILES string of the molecule is CCCCCCCCCCC(=O)CC1CNC1. The van der Waals surface area contributed by atoms with Crippen molar-refractivity contribution >= 4 is 5.78 Å². The van der Waals surface area contributed by atoms with Gasteiger partial charge in [0.2, 0.25) is 0 Å². The van der Waals surface area contributed by atoms with Gasteiger partial charge in [-0.2, -0.15) is 0 Å². The van der Waals surface area contributed by atoms with Gasteiger partial charge in [0, 0.05) is 12.8 Å². The van der Waals surface area contributed by atoms with Crippen LogP contribution in [0.4, 0.5) is 0 Å². The first-order chi connectivity index (χ1) is 8.33. The van der Waals surface area contributed by atoms with Crippen LogP contribution < -0.4 is 5.32 Å². The summed E-state index contributed by atoms with van der Waals surface area (Å²) in [4.78, 5) is 11.6. The Hall–Kier alpha value is -0.370. The van der Waals surface area contributed by atoms with Crippen LogP contribution in [0.3, 0.4) is 0 Å². The number of carbonyl (C=O) groups excluding carboxylic acids is 1. The minimum absolute atomic E-state index is 0.488. The maximum atomic E-state index is 11.6. The van der Waals surface area contributed by atoms with Crippen LogP contribution in [0.15, 0.2) is 0 Å². The molecule has 100 valence electrons. The van der Waals surface area contributed by atoms with Crippen molar-refractivity contribution in [2.45, 2.75) is 71.1 Å². The molecule has 0 aromatic carbocycles. The molecule has 1 aliphatic rings. The number of ketones is 1. The zero-order chi connectivity index (χ0) is 12.3. The van der Waals surface area contributed by atoms with E-state index in [0.717, 1.165) is 32.4 Å². The molecule has 1 N–H and O–H groups in total. The van der Waals surface area contributed by atoms with Gasteiger partial charge >= 0.3 is 0 Å². The van der Waals surface area contributed by atoms with Crippen molar-refractivity contribution in [2.24, 2.45) is 5.92 Å². The molecule has 2 nitrogen and oxygen atoms in total. The maximum absolute atomic E-state index is 11.6. The third kappa shape index (κ3) is 7.54. The van der Waals surface area contributed by atoms with Gasteiger partial charge in [0.25, 0.3) is 0 Å². The fraction of sp³-hybridized carbons (Fsp3) is 0.933. The molecule has 0 spiro atoms. The lowest BCUT2D eigenvalue weighted by Gasteiger charge is -2.26. The van der Waals surface area contributed by atoms with Crippen LogP contribution in [0.25, 0.3) is 0 Å². The van der Waals surface area contributed by atoms with E-state index in [1.54, 1.807) is 0 Å². The Bertz CT molecular complexity index is 199. The quantitative estimate of drug-likeness (QED) is 0.557. The molecule has 0 saturated carbocycles. The molecule has 0 aliphatic carbocycles. The summed E-state index contributed by atoms with van der Waals surface area (Å²) in [5.74, 6) is 1.14. The highest BCUT2D eigenvalue weighted by atomic mass is 16.1. The second-order valence-electron chi connectivity index (χ2n) is 5.49. The van der Waals surface area contributed by atoms with Crippen LogP contribution in [0, 0.1) is 5.92 Å². The van der Waals surface area contributed by atoms with Crippen molar-refractivity contribution in [3.63, 3.8) is 0 Å². The zero-order valence-electron chi connectivity index (χ0n) is 11.5. The number of carbonyl (C=O) groups is 1. The Balaban J connectivity index is 1.78. The standard InChI is InChI=1S/C15H29NO/c1-2-3-4-5-6-7-8-9-10-15(17)11-14-12-16-13-14/h14,16H,2-13H2,1H3. The highest BCUT2D eigenvalue weighted by molar-refractivity contribution is 5.78. The molecule has 0 aromatic rings. The number of Topliss-reactive ketones (excluding diaryl/α,β-unsaturated/α-hetero) is 1. The third-order valence-corrected chi connectivity index (χ3v) is 3.69. The molecule has 1 rings (SSSR count). The topological polar surface area (TPSA) is 29.1 Å². The fourth-order valence-electron chi connectivity index (χ4n) is 2.37. The Morgan fingerprint density at radius 1 is 1.00 bits per heavy atom. The van der Waals surface area contributed by atoms with Crippen molar-refractivity contribution in [2.75, 3.05) is 13.1 Å². The zero-order valence-corrected chi connectivity index (χ0v) is 11.5. The van der Waals surface area contributed by atoms with E-state index >= 15 is 0 Å². The summed E-state index contributed by atoms with van der Waals surface area (Å²) in [6.07, 6.45) is 12.2. The molecule has 0 radical (unpaired) electrons. The molecule has 0 atom stereocenters. The van der Waals surface area contributed by atoms with Crippen molar-refractivity contribution in [3.05, 3.63) is 0 Å². The van der Waals surface area contributed by atoms with Crippen LogP contribution in [0.1, 0.15) is 71.1 Å². The van der Waals surface area contributed by atoms with Gasteiger partial charge in [0.05, 0.1) is 0 Å². The number of nitrogens with one attached hydrogen (secondary N) is 1. The van der Waals surface area contributed by atoms with Gasteiger partial charge in [0.1, 0.15) is 5.78 Å². The average Bonchev–Trinajstić information content (AvgIpc) is 2.27. The first-order valence-corrected chi connectivity index (χ1v) is 7.55. The fourth-order valence-corrected chi connectivity index (χ4v) is 2.37. The van der Waals surface area contributed by atoms with Crippen LogP contribution in [0.5, 0.6) is 0 Å². The third-order valence-electron chi connectivity index (χ3n) is 3.69. The Morgan fingerprint density at radius 2 is 1.59 bits per heavy atom. The van der Waals surface area contributed by atoms with Crippen molar-refractivity contribution < 1.29 is 4.79 Å². The lowest BCUT2D eigenvalue weighted by Crippen LogP contribution is -2.42. The molecule has 17 heavy (non-hydrogen) atoms. The van der Waals surface area contributed by atoms with Crippen molar-refractivity contribution in [1.82, 2.24) is 5.32 Å². The van der Waals surface area contributed by atoms with Crippen LogP contribution in [0.2, 0.25) is 0 Å². The molecule has 1 saturated heterocycles. The molecule has 0 unspecified atom stereocenters. The summed E-state index contributed by atoms with van der Waals surface area (Å²) in [5.41, 5.74) is 0. The lowest BCUT2D eigenvalue weighted by atomic mass is 9.94. The van der Waals surface area contributed by atoms with E-state index in [-0.39, 0.29) is 0 Å².